The summed E-state index contributed by atoms with van der Waals surface area (Å²) in [5.41, 5.74) is 1.21. The lowest BCUT2D eigenvalue weighted by Crippen LogP contribution is -2.39. The molecule has 14 heavy (non-hydrogen) atoms. The van der Waals surface area contributed by atoms with Gasteiger partial charge in [-0.1, -0.05) is 13.8 Å². The van der Waals surface area contributed by atoms with Crippen molar-refractivity contribution in [1.82, 2.24) is 10.3 Å². The first-order chi connectivity index (χ1) is 6.78. The second kappa shape index (κ2) is 4.41. The topological polar surface area (TPSA) is 24.9 Å². The smallest absolute Gasteiger partial charge is 0.0926 e. The number of nitrogens with one attached hydrogen (secondary N) is 1. The highest BCUT2D eigenvalue weighted by Crippen LogP contribution is 2.26. The third-order valence-electron chi connectivity index (χ3n) is 2.85. The Bertz CT molecular complexity index is 289. The van der Waals surface area contributed by atoms with Gasteiger partial charge in [0.1, 0.15) is 0 Å². The van der Waals surface area contributed by atoms with E-state index in [2.05, 4.69) is 29.5 Å². The summed E-state index contributed by atoms with van der Waals surface area (Å²) in [5, 5.41) is 6.98. The fourth-order valence-electron chi connectivity index (χ4n) is 1.91. The maximum Gasteiger partial charge on any atom is 0.0926 e. The van der Waals surface area contributed by atoms with Crippen LogP contribution in [0.5, 0.6) is 0 Å². The standard InChI is InChI=1S/C11H18N2S/c1-3-11-13-10(7-14-11)6-12-9-4-8(2)5-9/h7-9,12H,3-6H2,1-2H3. The second-order valence-electron chi connectivity index (χ2n) is 4.24. The molecule has 0 atom stereocenters. The Kier molecular flexibility index (Phi) is 3.19. The first-order valence-corrected chi connectivity index (χ1v) is 6.32. The van der Waals surface area contributed by atoms with E-state index in [4.69, 9.17) is 0 Å². The minimum atomic E-state index is 0.747. The zero-order valence-corrected chi connectivity index (χ0v) is 9.73. The quantitative estimate of drug-likeness (QED) is 0.826. The zero-order valence-electron chi connectivity index (χ0n) is 8.92. The molecule has 1 saturated carbocycles. The van der Waals surface area contributed by atoms with Crippen molar-refractivity contribution in [3.63, 3.8) is 0 Å². The molecular weight excluding hydrogens is 192 g/mol. The summed E-state index contributed by atoms with van der Waals surface area (Å²) in [6, 6.07) is 0.747. The van der Waals surface area contributed by atoms with Crippen LogP contribution in [0, 0.1) is 5.92 Å². The molecule has 1 aromatic heterocycles. The van der Waals surface area contributed by atoms with Crippen LogP contribution in [0.4, 0.5) is 0 Å². The molecule has 0 spiro atoms. The van der Waals surface area contributed by atoms with E-state index in [0.717, 1.165) is 24.9 Å². The Morgan fingerprint density at radius 1 is 1.57 bits per heavy atom. The molecule has 0 saturated heterocycles. The van der Waals surface area contributed by atoms with Crippen molar-refractivity contribution in [1.29, 1.82) is 0 Å². The Morgan fingerprint density at radius 2 is 2.36 bits per heavy atom. The maximum absolute atomic E-state index is 4.53. The van der Waals surface area contributed by atoms with Crippen molar-refractivity contribution >= 4 is 11.3 Å². The average Bonchev–Trinajstić information content (AvgIpc) is 2.58. The lowest BCUT2D eigenvalue weighted by molar-refractivity contribution is 0.240. The van der Waals surface area contributed by atoms with E-state index in [1.54, 1.807) is 11.3 Å². The predicted molar refractivity (Wildman–Crippen MR) is 60.5 cm³/mol. The monoisotopic (exact) mass is 210 g/mol. The highest BCUT2D eigenvalue weighted by Gasteiger charge is 2.24. The van der Waals surface area contributed by atoms with Crippen LogP contribution in [0.1, 0.15) is 37.4 Å². The Hall–Kier alpha value is -0.410. The van der Waals surface area contributed by atoms with Crippen LogP contribution in [0.3, 0.4) is 0 Å². The molecule has 3 heteroatoms. The van der Waals surface area contributed by atoms with Crippen molar-refractivity contribution in [3.8, 4) is 0 Å². The zero-order chi connectivity index (χ0) is 9.97. The molecule has 0 amide bonds. The molecule has 1 aliphatic carbocycles. The largest absolute Gasteiger partial charge is 0.308 e. The number of nitrogens with zero attached hydrogens (tertiary/aromatic N) is 1. The third-order valence-corrected chi connectivity index (χ3v) is 3.89. The predicted octanol–water partition coefficient (Wildman–Crippen LogP) is 2.59. The molecule has 1 fully saturated rings. The van der Waals surface area contributed by atoms with Gasteiger partial charge in [0.25, 0.3) is 0 Å². The summed E-state index contributed by atoms with van der Waals surface area (Å²) in [7, 11) is 0. The number of hydrogen-bond donors (Lipinski definition) is 1. The van der Waals surface area contributed by atoms with E-state index in [-0.39, 0.29) is 0 Å². The van der Waals surface area contributed by atoms with E-state index >= 15 is 0 Å². The number of aryl methyl sites for hydroxylation is 1. The highest BCUT2D eigenvalue weighted by atomic mass is 32.1. The fourth-order valence-corrected chi connectivity index (χ4v) is 2.66. The van der Waals surface area contributed by atoms with Crippen molar-refractivity contribution < 1.29 is 0 Å². The van der Waals surface area contributed by atoms with Gasteiger partial charge in [-0.15, -0.1) is 11.3 Å². The lowest BCUT2D eigenvalue weighted by Gasteiger charge is -2.33. The van der Waals surface area contributed by atoms with Gasteiger partial charge in [-0.25, -0.2) is 4.98 Å². The summed E-state index contributed by atoms with van der Waals surface area (Å²) in [4.78, 5) is 4.53. The van der Waals surface area contributed by atoms with Gasteiger partial charge in [0.15, 0.2) is 0 Å². The van der Waals surface area contributed by atoms with Gasteiger partial charge in [-0.3, -0.25) is 0 Å². The molecule has 2 rings (SSSR count). The van der Waals surface area contributed by atoms with E-state index < -0.39 is 0 Å². The van der Waals surface area contributed by atoms with Crippen molar-refractivity contribution in [3.05, 3.63) is 16.1 Å². The molecule has 1 aliphatic rings. The van der Waals surface area contributed by atoms with Crippen LogP contribution >= 0.6 is 11.3 Å². The van der Waals surface area contributed by atoms with Gasteiger partial charge in [0.05, 0.1) is 10.7 Å². The summed E-state index contributed by atoms with van der Waals surface area (Å²) in [5.74, 6) is 0.925. The van der Waals surface area contributed by atoms with Gasteiger partial charge in [-0.05, 0) is 25.2 Å². The van der Waals surface area contributed by atoms with E-state index in [0.29, 0.717) is 0 Å². The molecule has 1 heterocycles. The fraction of sp³-hybridized carbons (Fsp3) is 0.727. The molecule has 0 unspecified atom stereocenters. The Morgan fingerprint density at radius 3 is 2.93 bits per heavy atom. The van der Waals surface area contributed by atoms with Gasteiger partial charge < -0.3 is 5.32 Å². The van der Waals surface area contributed by atoms with Crippen LogP contribution in [-0.4, -0.2) is 11.0 Å². The summed E-state index contributed by atoms with van der Waals surface area (Å²) < 4.78 is 0. The minimum absolute atomic E-state index is 0.747. The number of thiazole rings is 1. The van der Waals surface area contributed by atoms with Crippen LogP contribution in [-0.2, 0) is 13.0 Å². The van der Waals surface area contributed by atoms with Crippen molar-refractivity contribution in [2.45, 2.75) is 45.7 Å². The van der Waals surface area contributed by atoms with Crippen LogP contribution in [0.2, 0.25) is 0 Å². The number of aromatic nitrogens is 1. The normalized spacial score (nSPS) is 26.1. The highest BCUT2D eigenvalue weighted by molar-refractivity contribution is 7.09. The number of hydrogen-bond acceptors (Lipinski definition) is 3. The van der Waals surface area contributed by atoms with Crippen LogP contribution in [0.25, 0.3) is 0 Å². The number of rotatable bonds is 4. The van der Waals surface area contributed by atoms with Crippen LogP contribution in [0.15, 0.2) is 5.38 Å². The second-order valence-corrected chi connectivity index (χ2v) is 5.18. The Balaban J connectivity index is 1.75. The lowest BCUT2D eigenvalue weighted by atomic mass is 9.82. The average molecular weight is 210 g/mol. The van der Waals surface area contributed by atoms with E-state index in [1.807, 2.05) is 0 Å². The molecule has 0 aliphatic heterocycles. The minimum Gasteiger partial charge on any atom is -0.308 e. The van der Waals surface area contributed by atoms with Gasteiger partial charge >= 0.3 is 0 Å². The molecule has 0 radical (unpaired) electrons. The summed E-state index contributed by atoms with van der Waals surface area (Å²) in [6.07, 6.45) is 3.74. The molecule has 1 N–H and O–H groups in total. The van der Waals surface area contributed by atoms with E-state index in [9.17, 15) is 0 Å². The van der Waals surface area contributed by atoms with Crippen molar-refractivity contribution in [2.75, 3.05) is 0 Å². The van der Waals surface area contributed by atoms with Crippen molar-refractivity contribution in [2.24, 2.45) is 5.92 Å². The molecule has 0 aromatic carbocycles. The summed E-state index contributed by atoms with van der Waals surface area (Å²) >= 11 is 1.78. The van der Waals surface area contributed by atoms with Gasteiger partial charge in [0.2, 0.25) is 0 Å². The maximum atomic E-state index is 4.53. The first-order valence-electron chi connectivity index (χ1n) is 5.44. The van der Waals surface area contributed by atoms with Crippen LogP contribution < -0.4 is 5.32 Å². The summed E-state index contributed by atoms with van der Waals surface area (Å²) in [6.45, 7) is 5.42. The molecular formula is C11H18N2S. The molecule has 78 valence electrons. The molecule has 1 aromatic rings. The Labute approximate surface area is 89.8 Å². The third kappa shape index (κ3) is 2.34. The van der Waals surface area contributed by atoms with Gasteiger partial charge in [-0.2, -0.15) is 0 Å². The molecule has 2 nitrogen and oxygen atoms in total. The van der Waals surface area contributed by atoms with E-state index in [1.165, 1.54) is 23.5 Å². The van der Waals surface area contributed by atoms with Gasteiger partial charge in [0, 0.05) is 18.0 Å². The molecule has 0 bridgehead atoms. The first kappa shape index (κ1) is 10.1. The SMILES string of the molecule is CCc1nc(CNC2CC(C)C2)cs1.